The van der Waals surface area contributed by atoms with Crippen molar-refractivity contribution in [2.45, 2.75) is 19.3 Å². The van der Waals surface area contributed by atoms with Crippen molar-refractivity contribution in [2.75, 3.05) is 31.1 Å². The molecule has 1 fully saturated rings. The second-order valence-electron chi connectivity index (χ2n) is 7.60. The van der Waals surface area contributed by atoms with E-state index >= 15 is 0 Å². The number of aromatic nitrogens is 5. The van der Waals surface area contributed by atoms with Crippen LogP contribution in [0, 0.1) is 11.8 Å². The number of hydrogen-bond acceptors (Lipinski definition) is 8. The van der Waals surface area contributed by atoms with Crippen LogP contribution in [0.3, 0.4) is 0 Å². The molecule has 34 heavy (non-hydrogen) atoms. The molecular weight excluding hydrogens is 450 g/mol. The molecule has 0 aliphatic carbocycles. The number of pyridine rings is 1. The first-order valence-corrected chi connectivity index (χ1v) is 12.5. The average Bonchev–Trinajstić information content (AvgIpc) is 2.89. The molecule has 1 saturated heterocycles. The number of rotatable bonds is 7. The summed E-state index contributed by atoms with van der Waals surface area (Å²) in [5, 5.41) is 1.31. The van der Waals surface area contributed by atoms with E-state index in [1.165, 1.54) is 9.71 Å². The van der Waals surface area contributed by atoms with E-state index < -0.39 is 10.0 Å². The second-order valence-corrected chi connectivity index (χ2v) is 9.42. The summed E-state index contributed by atoms with van der Waals surface area (Å²) in [4.78, 5) is 23.3. The smallest absolute Gasteiger partial charge is 0.236 e. The number of allylic oxidation sites excluding steroid dienone is 1. The molecule has 9 nitrogen and oxygen atoms in total. The lowest BCUT2D eigenvalue weighted by molar-refractivity contribution is 0.387. The van der Waals surface area contributed by atoms with Crippen molar-refractivity contribution in [3.05, 3.63) is 83.8 Å². The quantitative estimate of drug-likeness (QED) is 0.378. The van der Waals surface area contributed by atoms with Gasteiger partial charge in [-0.3, -0.25) is 0 Å². The number of aryl methyl sites for hydroxylation is 1. The first-order chi connectivity index (χ1) is 16.6. The van der Waals surface area contributed by atoms with Gasteiger partial charge in [-0.05, 0) is 37.0 Å². The minimum absolute atomic E-state index is 0.384. The van der Waals surface area contributed by atoms with Crippen LogP contribution in [0.25, 0.3) is 0 Å². The van der Waals surface area contributed by atoms with E-state index in [-0.39, 0.29) is 0 Å². The predicted molar refractivity (Wildman–Crippen MR) is 129 cm³/mol. The Morgan fingerprint density at radius 3 is 2.32 bits per heavy atom. The van der Waals surface area contributed by atoms with Crippen LogP contribution in [0.5, 0.6) is 0 Å². The lowest BCUT2D eigenvalue weighted by Gasteiger charge is -2.33. The Bertz CT molecular complexity index is 1250. The fourth-order valence-corrected chi connectivity index (χ4v) is 4.60. The van der Waals surface area contributed by atoms with Crippen LogP contribution in [0.2, 0.25) is 0 Å². The fraction of sp³-hybridized carbons (Fsp3) is 0.292. The number of hydrogen-bond donors (Lipinski definition) is 0. The van der Waals surface area contributed by atoms with Crippen LogP contribution in [-0.4, -0.2) is 63.8 Å². The molecule has 3 aromatic rings. The topological polar surface area (TPSA) is 105 Å². The Balaban J connectivity index is 1.25. The number of anilines is 1. The molecule has 4 heterocycles. The van der Waals surface area contributed by atoms with Crippen molar-refractivity contribution >= 4 is 16.0 Å². The number of sulfonamides is 1. The third-order valence-corrected chi connectivity index (χ3v) is 6.80. The predicted octanol–water partition coefficient (Wildman–Crippen LogP) is 2.05. The van der Waals surface area contributed by atoms with Crippen molar-refractivity contribution in [1.29, 1.82) is 0 Å². The lowest BCUT2D eigenvalue weighted by atomic mass is 10.2. The van der Waals surface area contributed by atoms with E-state index in [9.17, 15) is 8.42 Å². The molecule has 1 aliphatic rings. The Hall–Kier alpha value is -3.68. The zero-order valence-corrected chi connectivity index (χ0v) is 19.5. The first-order valence-electron chi connectivity index (χ1n) is 11.0. The molecule has 0 unspecified atom stereocenters. The first kappa shape index (κ1) is 23.5. The van der Waals surface area contributed by atoms with Crippen molar-refractivity contribution in [1.82, 2.24) is 29.2 Å². The van der Waals surface area contributed by atoms with Crippen LogP contribution in [0.4, 0.5) is 5.95 Å². The van der Waals surface area contributed by atoms with Gasteiger partial charge in [0.1, 0.15) is 11.5 Å². The van der Waals surface area contributed by atoms with Crippen molar-refractivity contribution in [3.8, 4) is 11.8 Å². The number of nitrogens with zero attached hydrogens (tertiary/aromatic N) is 7. The summed E-state index contributed by atoms with van der Waals surface area (Å²) in [6.45, 7) is 1.82. The summed E-state index contributed by atoms with van der Waals surface area (Å²) >= 11 is 0. The van der Waals surface area contributed by atoms with E-state index in [2.05, 4.69) is 36.8 Å². The largest absolute Gasteiger partial charge is 0.338 e. The van der Waals surface area contributed by atoms with E-state index in [1.807, 2.05) is 23.1 Å². The Morgan fingerprint density at radius 2 is 1.62 bits per heavy atom. The van der Waals surface area contributed by atoms with E-state index in [4.69, 9.17) is 0 Å². The Labute approximate surface area is 199 Å². The van der Waals surface area contributed by atoms with Gasteiger partial charge in [-0.2, -0.15) is 4.31 Å². The van der Waals surface area contributed by atoms with Gasteiger partial charge in [0.05, 0.1) is 5.56 Å². The molecule has 0 N–H and O–H groups in total. The summed E-state index contributed by atoms with van der Waals surface area (Å²) in [5.74, 6) is 7.31. The monoisotopic (exact) mass is 475 g/mol. The van der Waals surface area contributed by atoms with Gasteiger partial charge in [0.2, 0.25) is 16.0 Å². The van der Waals surface area contributed by atoms with Crippen molar-refractivity contribution < 1.29 is 8.42 Å². The molecule has 0 aromatic carbocycles. The molecule has 0 radical (unpaired) electrons. The minimum Gasteiger partial charge on any atom is -0.338 e. The highest BCUT2D eigenvalue weighted by molar-refractivity contribution is 7.92. The zero-order chi connectivity index (χ0) is 23.6. The summed E-state index contributed by atoms with van der Waals surface area (Å²) in [5.41, 5.74) is 1.38. The maximum Gasteiger partial charge on any atom is 0.236 e. The second kappa shape index (κ2) is 11.4. The molecule has 0 atom stereocenters. The van der Waals surface area contributed by atoms with Crippen LogP contribution < -0.4 is 4.90 Å². The van der Waals surface area contributed by atoms with Gasteiger partial charge in [0, 0.05) is 69.0 Å². The highest BCUT2D eigenvalue weighted by Crippen LogP contribution is 2.14. The van der Waals surface area contributed by atoms with E-state index in [0.717, 1.165) is 18.7 Å². The number of unbranched alkanes of at least 4 members (excludes halogenated alkanes) is 1. The highest BCUT2D eigenvalue weighted by Gasteiger charge is 2.26. The van der Waals surface area contributed by atoms with Crippen LogP contribution in [0.1, 0.15) is 29.9 Å². The van der Waals surface area contributed by atoms with E-state index in [0.29, 0.717) is 49.8 Å². The van der Waals surface area contributed by atoms with Gasteiger partial charge in [0.25, 0.3) is 0 Å². The maximum atomic E-state index is 12.6. The lowest BCUT2D eigenvalue weighted by Crippen LogP contribution is -2.48. The van der Waals surface area contributed by atoms with E-state index in [1.54, 1.807) is 43.1 Å². The summed E-state index contributed by atoms with van der Waals surface area (Å²) in [6, 6.07) is 7.34. The molecular formula is C24H25N7O2S. The average molecular weight is 476 g/mol. The van der Waals surface area contributed by atoms with Crippen LogP contribution >= 0.6 is 0 Å². The summed E-state index contributed by atoms with van der Waals surface area (Å²) in [7, 11) is -3.44. The van der Waals surface area contributed by atoms with Crippen molar-refractivity contribution in [2.24, 2.45) is 0 Å². The Kier molecular flexibility index (Phi) is 7.91. The SMILES string of the molecule is O=S(=O)(/C=C/CCCc1ncccn1)N1CCN(c2ncc(C#Cc3ccccn3)cn2)CC1. The third kappa shape index (κ3) is 6.66. The van der Waals surface area contributed by atoms with Crippen LogP contribution in [-0.2, 0) is 16.4 Å². The van der Waals surface area contributed by atoms with Crippen molar-refractivity contribution in [3.63, 3.8) is 0 Å². The molecule has 0 amide bonds. The van der Waals surface area contributed by atoms with Gasteiger partial charge in [0.15, 0.2) is 0 Å². The molecule has 10 heteroatoms. The molecule has 174 valence electrons. The maximum absolute atomic E-state index is 12.6. The third-order valence-electron chi connectivity index (χ3n) is 5.18. The minimum atomic E-state index is -3.44. The number of piperazine rings is 1. The van der Waals surface area contributed by atoms with Gasteiger partial charge < -0.3 is 4.90 Å². The molecule has 4 rings (SSSR count). The highest BCUT2D eigenvalue weighted by atomic mass is 32.2. The molecule has 0 spiro atoms. The molecule has 1 aliphatic heterocycles. The Morgan fingerprint density at radius 1 is 0.882 bits per heavy atom. The van der Waals surface area contributed by atoms with Gasteiger partial charge in [-0.15, -0.1) is 0 Å². The molecule has 3 aromatic heterocycles. The summed E-state index contributed by atoms with van der Waals surface area (Å²) < 4.78 is 26.8. The van der Waals surface area contributed by atoms with Gasteiger partial charge in [-0.25, -0.2) is 33.3 Å². The summed E-state index contributed by atoms with van der Waals surface area (Å²) in [6.07, 6.45) is 12.3. The van der Waals surface area contributed by atoms with Gasteiger partial charge >= 0.3 is 0 Å². The normalized spacial score (nSPS) is 14.6. The molecule has 0 saturated carbocycles. The van der Waals surface area contributed by atoms with Gasteiger partial charge in [-0.1, -0.05) is 18.1 Å². The zero-order valence-electron chi connectivity index (χ0n) is 18.7. The van der Waals surface area contributed by atoms with Crippen LogP contribution in [0.15, 0.2) is 66.7 Å². The molecule has 0 bridgehead atoms. The fourth-order valence-electron chi connectivity index (χ4n) is 3.38. The standard InChI is InChI=1S/C24H25N7O2S/c32-34(33,18-5-1-2-8-23-26-12-6-13-27-23)31-16-14-30(15-17-31)24-28-19-21(20-29-24)9-10-22-7-3-4-11-25-22/h3-7,11-13,18-20H,1-2,8,14-17H2/b18-5+.